The second-order valence-electron chi connectivity index (χ2n) is 5.68. The van der Waals surface area contributed by atoms with Crippen LogP contribution < -0.4 is 5.73 Å². The van der Waals surface area contributed by atoms with Crippen LogP contribution in [0.3, 0.4) is 0 Å². The number of hydrogen-bond acceptors (Lipinski definition) is 3. The predicted molar refractivity (Wildman–Crippen MR) is 82.6 cm³/mol. The molecule has 2 N–H and O–H groups in total. The van der Waals surface area contributed by atoms with Crippen LogP contribution in [0.1, 0.15) is 17.3 Å². The van der Waals surface area contributed by atoms with Gasteiger partial charge in [-0.2, -0.15) is 13.2 Å². The molecule has 2 heterocycles. The molecule has 1 aromatic carbocycles. The highest BCUT2D eigenvalue weighted by Gasteiger charge is 2.40. The standard InChI is InChI=1S/C17H11F6N3/c1-7-2-3-8(6-25-7)14-10(16(24)17(21,22)23)4-9-13(20)11(18)5-12(19)15(9)26-14/h2-6,16H,24H2,1H3/t16-/m1/s1. The second-order valence-corrected chi connectivity index (χ2v) is 5.68. The topological polar surface area (TPSA) is 51.8 Å². The van der Waals surface area contributed by atoms with Gasteiger partial charge in [-0.15, -0.1) is 0 Å². The molecular formula is C17H11F6N3. The molecule has 2 aromatic heterocycles. The Bertz CT molecular complexity index is 983. The third kappa shape index (κ3) is 3.10. The summed E-state index contributed by atoms with van der Waals surface area (Å²) in [5, 5.41) is -0.721. The van der Waals surface area contributed by atoms with Gasteiger partial charge in [-0.3, -0.25) is 4.98 Å². The van der Waals surface area contributed by atoms with E-state index in [0.717, 1.165) is 0 Å². The molecule has 3 aromatic rings. The number of aryl methyl sites for hydroxylation is 1. The van der Waals surface area contributed by atoms with Crippen molar-refractivity contribution in [1.29, 1.82) is 0 Å². The van der Waals surface area contributed by atoms with E-state index in [1.165, 1.54) is 18.3 Å². The van der Waals surface area contributed by atoms with E-state index < -0.39 is 46.1 Å². The lowest BCUT2D eigenvalue weighted by Gasteiger charge is -2.20. The Morgan fingerprint density at radius 2 is 1.73 bits per heavy atom. The molecule has 0 spiro atoms. The average Bonchev–Trinajstić information content (AvgIpc) is 2.58. The van der Waals surface area contributed by atoms with Gasteiger partial charge >= 0.3 is 6.18 Å². The van der Waals surface area contributed by atoms with Crippen molar-refractivity contribution in [3.8, 4) is 11.3 Å². The first kappa shape index (κ1) is 18.1. The minimum atomic E-state index is -4.87. The maximum absolute atomic E-state index is 14.0. The summed E-state index contributed by atoms with van der Waals surface area (Å²) in [5.74, 6) is -4.24. The number of fused-ring (bicyclic) bond motifs is 1. The van der Waals surface area contributed by atoms with Crippen LogP contribution in [0.25, 0.3) is 22.2 Å². The first-order chi connectivity index (χ1) is 12.1. The van der Waals surface area contributed by atoms with Gasteiger partial charge in [0.05, 0.1) is 5.69 Å². The van der Waals surface area contributed by atoms with Crippen LogP contribution in [0.15, 0.2) is 30.5 Å². The van der Waals surface area contributed by atoms with E-state index in [2.05, 4.69) is 9.97 Å². The lowest BCUT2D eigenvalue weighted by atomic mass is 9.98. The summed E-state index contributed by atoms with van der Waals surface area (Å²) in [4.78, 5) is 7.77. The summed E-state index contributed by atoms with van der Waals surface area (Å²) in [6, 6.07) is 1.39. The molecule has 0 aliphatic heterocycles. The van der Waals surface area contributed by atoms with Crippen molar-refractivity contribution in [2.75, 3.05) is 0 Å². The third-order valence-electron chi connectivity index (χ3n) is 3.85. The Morgan fingerprint density at radius 1 is 1.04 bits per heavy atom. The van der Waals surface area contributed by atoms with Crippen LogP contribution in [-0.2, 0) is 0 Å². The Hall–Kier alpha value is -2.68. The fraction of sp³-hybridized carbons (Fsp3) is 0.176. The first-order valence-corrected chi connectivity index (χ1v) is 7.33. The summed E-state index contributed by atoms with van der Waals surface area (Å²) in [6.07, 6.45) is -3.63. The number of benzene rings is 1. The number of alkyl halides is 3. The van der Waals surface area contributed by atoms with Crippen molar-refractivity contribution in [2.24, 2.45) is 5.73 Å². The SMILES string of the molecule is Cc1ccc(-c2nc3c(F)cc(F)c(F)c3cc2[C@@H](N)C(F)(F)F)cn1. The fourth-order valence-corrected chi connectivity index (χ4v) is 2.50. The van der Waals surface area contributed by atoms with Crippen LogP contribution in [0.5, 0.6) is 0 Å². The normalized spacial score (nSPS) is 13.2. The molecule has 0 fully saturated rings. The largest absolute Gasteiger partial charge is 0.407 e. The molecule has 0 bridgehead atoms. The lowest BCUT2D eigenvalue weighted by molar-refractivity contribution is -0.149. The Labute approximate surface area is 143 Å². The number of halogens is 6. The van der Waals surface area contributed by atoms with E-state index in [0.29, 0.717) is 11.8 Å². The number of aromatic nitrogens is 2. The zero-order chi connectivity index (χ0) is 19.2. The van der Waals surface area contributed by atoms with E-state index in [1.54, 1.807) is 6.92 Å². The van der Waals surface area contributed by atoms with Gasteiger partial charge in [0.15, 0.2) is 17.5 Å². The van der Waals surface area contributed by atoms with Gasteiger partial charge in [0.1, 0.15) is 11.6 Å². The zero-order valence-electron chi connectivity index (χ0n) is 13.2. The van der Waals surface area contributed by atoms with E-state index in [4.69, 9.17) is 5.73 Å². The molecule has 0 amide bonds. The molecule has 136 valence electrons. The summed E-state index contributed by atoms with van der Waals surface area (Å²) in [6.45, 7) is 1.66. The Morgan fingerprint density at radius 3 is 2.31 bits per heavy atom. The molecule has 0 aliphatic carbocycles. The van der Waals surface area contributed by atoms with Crippen LogP contribution in [0.2, 0.25) is 0 Å². The van der Waals surface area contributed by atoms with Gasteiger partial charge in [0, 0.05) is 34.5 Å². The molecule has 26 heavy (non-hydrogen) atoms. The smallest absolute Gasteiger partial charge is 0.316 e. The Kier molecular flexibility index (Phi) is 4.35. The quantitative estimate of drug-likeness (QED) is 0.530. The molecule has 3 nitrogen and oxygen atoms in total. The maximum Gasteiger partial charge on any atom is 0.407 e. The lowest BCUT2D eigenvalue weighted by Crippen LogP contribution is -2.29. The molecule has 0 saturated heterocycles. The summed E-state index contributed by atoms with van der Waals surface area (Å²) in [7, 11) is 0. The number of pyridine rings is 2. The molecule has 0 unspecified atom stereocenters. The van der Waals surface area contributed by atoms with Crippen LogP contribution in [0, 0.1) is 24.4 Å². The van der Waals surface area contributed by atoms with Gasteiger partial charge in [-0.1, -0.05) is 0 Å². The van der Waals surface area contributed by atoms with Gasteiger partial charge < -0.3 is 5.73 Å². The molecule has 1 atom stereocenters. The highest BCUT2D eigenvalue weighted by atomic mass is 19.4. The number of nitrogens with zero attached hydrogens (tertiary/aromatic N) is 2. The van der Waals surface area contributed by atoms with Crippen molar-refractivity contribution in [3.63, 3.8) is 0 Å². The molecule has 0 aliphatic rings. The van der Waals surface area contributed by atoms with Gasteiger partial charge in [0.2, 0.25) is 0 Å². The predicted octanol–water partition coefficient (Wildman–Crippen LogP) is 4.58. The molecular weight excluding hydrogens is 360 g/mol. The highest BCUT2D eigenvalue weighted by molar-refractivity contribution is 5.84. The summed E-state index contributed by atoms with van der Waals surface area (Å²) in [5.41, 5.74) is 4.47. The van der Waals surface area contributed by atoms with Crippen molar-refractivity contribution in [2.45, 2.75) is 19.1 Å². The molecule has 0 saturated carbocycles. The van der Waals surface area contributed by atoms with Gasteiger partial charge in [-0.05, 0) is 25.1 Å². The van der Waals surface area contributed by atoms with E-state index in [9.17, 15) is 26.3 Å². The maximum atomic E-state index is 14.0. The highest BCUT2D eigenvalue weighted by Crippen LogP contribution is 2.38. The fourth-order valence-electron chi connectivity index (χ4n) is 2.50. The first-order valence-electron chi connectivity index (χ1n) is 7.33. The Balaban J connectivity index is 2.38. The number of hydrogen-bond donors (Lipinski definition) is 1. The minimum absolute atomic E-state index is 0.135. The van der Waals surface area contributed by atoms with Crippen LogP contribution >= 0.6 is 0 Å². The van der Waals surface area contributed by atoms with E-state index in [1.807, 2.05) is 0 Å². The van der Waals surface area contributed by atoms with Gasteiger partial charge in [0.25, 0.3) is 0 Å². The zero-order valence-corrected chi connectivity index (χ0v) is 13.2. The molecule has 9 heteroatoms. The summed E-state index contributed by atoms with van der Waals surface area (Å²) >= 11 is 0. The van der Waals surface area contributed by atoms with Crippen molar-refractivity contribution in [1.82, 2.24) is 9.97 Å². The molecule has 3 rings (SSSR count). The minimum Gasteiger partial charge on any atom is -0.316 e. The van der Waals surface area contributed by atoms with Crippen molar-refractivity contribution >= 4 is 10.9 Å². The monoisotopic (exact) mass is 371 g/mol. The van der Waals surface area contributed by atoms with Crippen LogP contribution in [0.4, 0.5) is 26.3 Å². The van der Waals surface area contributed by atoms with Crippen LogP contribution in [-0.4, -0.2) is 16.1 Å². The number of rotatable bonds is 2. The second kappa shape index (κ2) is 6.24. The van der Waals surface area contributed by atoms with Crippen molar-refractivity contribution in [3.05, 3.63) is 59.2 Å². The van der Waals surface area contributed by atoms with E-state index >= 15 is 0 Å². The van der Waals surface area contributed by atoms with Gasteiger partial charge in [-0.25, -0.2) is 18.2 Å². The van der Waals surface area contributed by atoms with E-state index in [-0.39, 0.29) is 17.3 Å². The molecule has 0 radical (unpaired) electrons. The summed E-state index contributed by atoms with van der Waals surface area (Å²) < 4.78 is 80.9. The third-order valence-corrected chi connectivity index (χ3v) is 3.85. The van der Waals surface area contributed by atoms with Crippen molar-refractivity contribution < 1.29 is 26.3 Å². The number of nitrogens with two attached hydrogens (primary N) is 1. The average molecular weight is 371 g/mol.